The summed E-state index contributed by atoms with van der Waals surface area (Å²) in [6, 6.07) is 12.2. The molecule has 0 saturated heterocycles. The molecule has 0 saturated carbocycles. The molecule has 1 aliphatic heterocycles. The zero-order chi connectivity index (χ0) is 18.0. The van der Waals surface area contributed by atoms with E-state index in [1.807, 2.05) is 18.2 Å². The first-order valence-corrected chi connectivity index (χ1v) is 8.02. The second-order valence-corrected chi connectivity index (χ2v) is 6.08. The van der Waals surface area contributed by atoms with Crippen molar-refractivity contribution in [1.82, 2.24) is 0 Å². The van der Waals surface area contributed by atoms with E-state index in [0.29, 0.717) is 24.1 Å². The molecule has 0 atom stereocenters. The van der Waals surface area contributed by atoms with Gasteiger partial charge in [0.2, 0.25) is 17.7 Å². The lowest BCUT2D eigenvalue weighted by Gasteiger charge is -2.26. The normalized spacial score (nSPS) is 13.3. The van der Waals surface area contributed by atoms with Crippen LogP contribution in [0.1, 0.15) is 27.9 Å². The fourth-order valence-corrected chi connectivity index (χ4v) is 2.93. The van der Waals surface area contributed by atoms with Crippen molar-refractivity contribution in [3.63, 3.8) is 0 Å². The maximum atomic E-state index is 12.2. The number of amides is 3. The van der Waals surface area contributed by atoms with Crippen LogP contribution < -0.4 is 16.0 Å². The second-order valence-electron chi connectivity index (χ2n) is 6.08. The third-order valence-electron chi connectivity index (χ3n) is 4.31. The minimum atomic E-state index is -0.504. The third kappa shape index (κ3) is 3.68. The molecule has 128 valence electrons. The molecule has 0 aromatic heterocycles. The number of primary amides is 1. The van der Waals surface area contributed by atoms with Crippen molar-refractivity contribution in [3.05, 3.63) is 59.2 Å². The molecular weight excluding hydrogens is 318 g/mol. The van der Waals surface area contributed by atoms with Crippen LogP contribution in [0, 0.1) is 0 Å². The number of carbonyl (C=O) groups is 3. The maximum absolute atomic E-state index is 12.2. The van der Waals surface area contributed by atoms with E-state index in [2.05, 4.69) is 5.32 Å². The van der Waals surface area contributed by atoms with Crippen LogP contribution in [-0.4, -0.2) is 24.8 Å². The maximum Gasteiger partial charge on any atom is 0.248 e. The summed E-state index contributed by atoms with van der Waals surface area (Å²) >= 11 is 0. The van der Waals surface area contributed by atoms with Gasteiger partial charge in [-0.05, 0) is 47.9 Å². The average Bonchev–Trinajstić information content (AvgIpc) is 2.58. The number of anilines is 2. The first-order valence-electron chi connectivity index (χ1n) is 8.02. The standard InChI is InChI=1S/C19H19N3O3/c1-22-16-8-2-12(10-14(16)5-9-18(22)24)11-17(23)21-15-6-3-13(4-7-15)19(20)25/h2-4,6-8,10H,5,9,11H2,1H3,(H2,20,25)(H,21,23). The Hall–Kier alpha value is -3.15. The van der Waals surface area contributed by atoms with Gasteiger partial charge in [-0.15, -0.1) is 0 Å². The molecule has 6 heteroatoms. The Morgan fingerprint density at radius 2 is 1.84 bits per heavy atom. The monoisotopic (exact) mass is 337 g/mol. The molecule has 0 aliphatic carbocycles. The van der Waals surface area contributed by atoms with Crippen LogP contribution in [0.2, 0.25) is 0 Å². The zero-order valence-electron chi connectivity index (χ0n) is 13.9. The van der Waals surface area contributed by atoms with E-state index in [4.69, 9.17) is 5.73 Å². The summed E-state index contributed by atoms with van der Waals surface area (Å²) in [4.78, 5) is 36.6. The van der Waals surface area contributed by atoms with Gasteiger partial charge in [0.25, 0.3) is 0 Å². The molecule has 25 heavy (non-hydrogen) atoms. The van der Waals surface area contributed by atoms with Crippen molar-refractivity contribution >= 4 is 29.1 Å². The minimum Gasteiger partial charge on any atom is -0.366 e. The van der Waals surface area contributed by atoms with Crippen LogP contribution in [-0.2, 0) is 22.4 Å². The molecule has 6 nitrogen and oxygen atoms in total. The quantitative estimate of drug-likeness (QED) is 0.892. The van der Waals surface area contributed by atoms with Crippen molar-refractivity contribution in [2.75, 3.05) is 17.3 Å². The molecule has 3 N–H and O–H groups in total. The number of hydrogen-bond acceptors (Lipinski definition) is 3. The molecule has 0 spiro atoms. The van der Waals surface area contributed by atoms with Gasteiger partial charge < -0.3 is 16.0 Å². The van der Waals surface area contributed by atoms with Gasteiger partial charge in [0.05, 0.1) is 6.42 Å². The highest BCUT2D eigenvalue weighted by atomic mass is 16.2. The number of nitrogens with zero attached hydrogens (tertiary/aromatic N) is 1. The van der Waals surface area contributed by atoms with Gasteiger partial charge >= 0.3 is 0 Å². The number of fused-ring (bicyclic) bond motifs is 1. The third-order valence-corrected chi connectivity index (χ3v) is 4.31. The van der Waals surface area contributed by atoms with Crippen LogP contribution in [0.15, 0.2) is 42.5 Å². The van der Waals surface area contributed by atoms with Crippen molar-refractivity contribution in [2.24, 2.45) is 5.73 Å². The Balaban J connectivity index is 1.67. The smallest absolute Gasteiger partial charge is 0.248 e. The number of nitrogens with two attached hydrogens (primary N) is 1. The number of hydrogen-bond donors (Lipinski definition) is 2. The van der Waals surface area contributed by atoms with E-state index in [1.54, 1.807) is 36.2 Å². The average molecular weight is 337 g/mol. The van der Waals surface area contributed by atoms with E-state index in [1.165, 1.54) is 0 Å². The van der Waals surface area contributed by atoms with Crippen molar-refractivity contribution < 1.29 is 14.4 Å². The summed E-state index contributed by atoms with van der Waals surface area (Å²) in [5.41, 5.74) is 9.08. The summed E-state index contributed by atoms with van der Waals surface area (Å²) in [7, 11) is 1.77. The van der Waals surface area contributed by atoms with Gasteiger partial charge in [-0.2, -0.15) is 0 Å². The Morgan fingerprint density at radius 1 is 1.12 bits per heavy atom. The SMILES string of the molecule is CN1C(=O)CCc2cc(CC(=O)Nc3ccc(C(N)=O)cc3)ccc21. The molecule has 3 rings (SSSR count). The predicted octanol–water partition coefficient (Wildman–Crippen LogP) is 1.88. The largest absolute Gasteiger partial charge is 0.366 e. The molecule has 1 heterocycles. The van der Waals surface area contributed by atoms with Crippen molar-refractivity contribution in [1.29, 1.82) is 0 Å². The number of aryl methyl sites for hydroxylation is 1. The van der Waals surface area contributed by atoms with E-state index in [-0.39, 0.29) is 18.2 Å². The van der Waals surface area contributed by atoms with E-state index in [9.17, 15) is 14.4 Å². The van der Waals surface area contributed by atoms with E-state index >= 15 is 0 Å². The number of rotatable bonds is 4. The number of benzene rings is 2. The summed E-state index contributed by atoms with van der Waals surface area (Å²) in [6.07, 6.45) is 1.43. The molecule has 0 bridgehead atoms. The lowest BCUT2D eigenvalue weighted by atomic mass is 9.98. The molecular formula is C19H19N3O3. The summed E-state index contributed by atoms with van der Waals surface area (Å²) < 4.78 is 0. The fourth-order valence-electron chi connectivity index (χ4n) is 2.93. The minimum absolute atomic E-state index is 0.109. The van der Waals surface area contributed by atoms with Gasteiger partial charge in [-0.25, -0.2) is 0 Å². The molecule has 0 radical (unpaired) electrons. The van der Waals surface area contributed by atoms with Gasteiger partial charge in [-0.3, -0.25) is 14.4 Å². The van der Waals surface area contributed by atoms with Gasteiger partial charge in [-0.1, -0.05) is 12.1 Å². The Kier molecular flexibility index (Phi) is 4.52. The van der Waals surface area contributed by atoms with E-state index in [0.717, 1.165) is 16.8 Å². The van der Waals surface area contributed by atoms with Crippen LogP contribution in [0.25, 0.3) is 0 Å². The summed E-state index contributed by atoms with van der Waals surface area (Å²) in [6.45, 7) is 0. The molecule has 1 aliphatic rings. The van der Waals surface area contributed by atoms with Gasteiger partial charge in [0.1, 0.15) is 0 Å². The van der Waals surface area contributed by atoms with Gasteiger partial charge in [0, 0.05) is 30.4 Å². The zero-order valence-corrected chi connectivity index (χ0v) is 13.9. The number of nitrogens with one attached hydrogen (secondary N) is 1. The van der Waals surface area contributed by atoms with Crippen molar-refractivity contribution in [3.8, 4) is 0 Å². The lowest BCUT2D eigenvalue weighted by molar-refractivity contribution is -0.118. The molecule has 0 unspecified atom stereocenters. The van der Waals surface area contributed by atoms with Gasteiger partial charge in [0.15, 0.2) is 0 Å². The highest BCUT2D eigenvalue weighted by molar-refractivity contribution is 5.97. The topological polar surface area (TPSA) is 92.5 Å². The van der Waals surface area contributed by atoms with Crippen molar-refractivity contribution in [2.45, 2.75) is 19.3 Å². The molecule has 2 aromatic carbocycles. The van der Waals surface area contributed by atoms with Crippen LogP contribution in [0.5, 0.6) is 0 Å². The van der Waals surface area contributed by atoms with E-state index < -0.39 is 5.91 Å². The Morgan fingerprint density at radius 3 is 2.52 bits per heavy atom. The Labute approximate surface area is 145 Å². The Bertz CT molecular complexity index is 843. The molecule has 0 fully saturated rings. The predicted molar refractivity (Wildman–Crippen MR) is 95.5 cm³/mol. The summed E-state index contributed by atoms with van der Waals surface area (Å²) in [5, 5.41) is 2.80. The first-order chi connectivity index (χ1) is 11.9. The summed E-state index contributed by atoms with van der Waals surface area (Å²) in [5.74, 6) is -0.542. The molecule has 3 amide bonds. The second kappa shape index (κ2) is 6.76. The fraction of sp³-hybridized carbons (Fsp3) is 0.211. The molecule has 2 aromatic rings. The van der Waals surface area contributed by atoms with Crippen LogP contribution in [0.3, 0.4) is 0 Å². The number of carbonyl (C=O) groups excluding carboxylic acids is 3. The first kappa shape index (κ1) is 16.7. The highest BCUT2D eigenvalue weighted by Gasteiger charge is 2.21. The lowest BCUT2D eigenvalue weighted by Crippen LogP contribution is -2.31. The van der Waals surface area contributed by atoms with Crippen LogP contribution >= 0.6 is 0 Å². The van der Waals surface area contributed by atoms with Crippen LogP contribution in [0.4, 0.5) is 11.4 Å². The highest BCUT2D eigenvalue weighted by Crippen LogP contribution is 2.27.